The molecule has 0 aromatic heterocycles. The number of ether oxygens (including phenoxy) is 1. The molecule has 1 heterocycles. The van der Waals surface area contributed by atoms with Crippen molar-refractivity contribution in [2.75, 3.05) is 6.54 Å². The predicted molar refractivity (Wildman–Crippen MR) is 89.2 cm³/mol. The van der Waals surface area contributed by atoms with E-state index in [1.54, 1.807) is 0 Å². The van der Waals surface area contributed by atoms with Gasteiger partial charge in [0.25, 0.3) is 0 Å². The first-order valence-corrected chi connectivity index (χ1v) is 8.30. The highest BCUT2D eigenvalue weighted by atomic mass is 16.6. The molecular weight excluding hydrogens is 286 g/mol. The molecular formula is C20H21NO2. The maximum Gasteiger partial charge on any atom is 0.410 e. The first-order chi connectivity index (χ1) is 11.2. The lowest BCUT2D eigenvalue weighted by Gasteiger charge is -2.33. The molecule has 1 fully saturated rings. The van der Waals surface area contributed by atoms with Crippen LogP contribution in [0.15, 0.2) is 48.5 Å². The van der Waals surface area contributed by atoms with Crippen LogP contribution in [-0.2, 0) is 11.3 Å². The zero-order chi connectivity index (χ0) is 15.8. The second-order valence-electron chi connectivity index (χ2n) is 6.60. The van der Waals surface area contributed by atoms with Gasteiger partial charge in [-0.3, -0.25) is 0 Å². The van der Waals surface area contributed by atoms with Crippen molar-refractivity contribution in [3.63, 3.8) is 0 Å². The predicted octanol–water partition coefficient (Wildman–Crippen LogP) is 4.57. The van der Waals surface area contributed by atoms with Crippen molar-refractivity contribution >= 4 is 6.09 Å². The second kappa shape index (κ2) is 5.73. The van der Waals surface area contributed by atoms with Crippen molar-refractivity contribution in [1.29, 1.82) is 0 Å². The van der Waals surface area contributed by atoms with Crippen LogP contribution in [-0.4, -0.2) is 17.5 Å². The molecule has 0 spiro atoms. The van der Waals surface area contributed by atoms with Gasteiger partial charge in [0.2, 0.25) is 0 Å². The number of hydrogen-bond acceptors (Lipinski definition) is 2. The summed E-state index contributed by atoms with van der Waals surface area (Å²) in [7, 11) is 0. The molecule has 2 aliphatic rings. The van der Waals surface area contributed by atoms with Crippen LogP contribution >= 0.6 is 0 Å². The lowest BCUT2D eigenvalue weighted by molar-refractivity contribution is 0.0694. The number of rotatable bonds is 2. The van der Waals surface area contributed by atoms with E-state index in [2.05, 4.69) is 25.1 Å². The van der Waals surface area contributed by atoms with E-state index in [0.29, 0.717) is 12.5 Å². The summed E-state index contributed by atoms with van der Waals surface area (Å²) >= 11 is 0. The molecule has 2 aromatic carbocycles. The summed E-state index contributed by atoms with van der Waals surface area (Å²) in [4.78, 5) is 14.5. The Morgan fingerprint density at radius 3 is 2.83 bits per heavy atom. The summed E-state index contributed by atoms with van der Waals surface area (Å²) in [6, 6.07) is 16.7. The fraction of sp³-hybridized carbons (Fsp3) is 0.350. The minimum Gasteiger partial charge on any atom is -0.445 e. The van der Waals surface area contributed by atoms with Gasteiger partial charge in [-0.25, -0.2) is 4.79 Å². The molecule has 3 heteroatoms. The maximum absolute atomic E-state index is 12.6. The van der Waals surface area contributed by atoms with Gasteiger partial charge in [-0.15, -0.1) is 0 Å². The van der Waals surface area contributed by atoms with Crippen molar-refractivity contribution < 1.29 is 9.53 Å². The number of hydrogen-bond donors (Lipinski definition) is 0. The van der Waals surface area contributed by atoms with Crippen LogP contribution in [0, 0.1) is 6.92 Å². The average molecular weight is 307 g/mol. The molecule has 0 radical (unpaired) electrons. The third-order valence-electron chi connectivity index (χ3n) is 5.08. The van der Waals surface area contributed by atoms with Crippen molar-refractivity contribution in [3.05, 3.63) is 70.8 Å². The molecule has 1 amide bonds. The number of amides is 1. The van der Waals surface area contributed by atoms with Gasteiger partial charge in [-0.1, -0.05) is 54.1 Å². The molecule has 2 atom stereocenters. The average Bonchev–Trinajstić information content (AvgIpc) is 2.86. The first-order valence-electron chi connectivity index (χ1n) is 8.30. The lowest BCUT2D eigenvalue weighted by atomic mass is 9.95. The van der Waals surface area contributed by atoms with Crippen LogP contribution in [0.25, 0.3) is 0 Å². The second-order valence-corrected chi connectivity index (χ2v) is 6.60. The van der Waals surface area contributed by atoms with Gasteiger partial charge in [0.15, 0.2) is 0 Å². The minimum atomic E-state index is -0.188. The first kappa shape index (κ1) is 14.3. The Kier molecular flexibility index (Phi) is 3.56. The maximum atomic E-state index is 12.6. The Morgan fingerprint density at radius 1 is 1.17 bits per heavy atom. The standard InChI is InChI=1S/C20H21NO2/c1-14-7-8-17-16-9-10-21(19(12-16)18(17)11-14)20(22)23-13-15-5-3-2-4-6-15/h2-8,11,16,19H,9-10,12-13H2,1H3/t16-,19-/m1/s1. The SMILES string of the molecule is Cc1ccc2c(c1)[C@H]1C[C@H]2CCN1C(=O)OCc1ccccc1. The van der Waals surface area contributed by atoms with E-state index in [1.807, 2.05) is 35.2 Å². The number of nitrogens with zero attached hydrogens (tertiary/aromatic N) is 1. The van der Waals surface area contributed by atoms with Gasteiger partial charge in [0, 0.05) is 6.54 Å². The van der Waals surface area contributed by atoms with Crippen LogP contribution in [0.2, 0.25) is 0 Å². The lowest BCUT2D eigenvalue weighted by Crippen LogP contribution is -2.37. The molecule has 118 valence electrons. The van der Waals surface area contributed by atoms with E-state index in [4.69, 9.17) is 4.74 Å². The molecule has 1 aliphatic heterocycles. The van der Waals surface area contributed by atoms with E-state index in [0.717, 1.165) is 24.9 Å². The summed E-state index contributed by atoms with van der Waals surface area (Å²) in [6.07, 6.45) is 1.89. The molecule has 3 nitrogen and oxygen atoms in total. The molecule has 23 heavy (non-hydrogen) atoms. The van der Waals surface area contributed by atoms with Gasteiger partial charge in [0.05, 0.1) is 6.04 Å². The molecule has 0 saturated carbocycles. The number of carbonyl (C=O) groups is 1. The van der Waals surface area contributed by atoms with E-state index in [1.165, 1.54) is 16.7 Å². The van der Waals surface area contributed by atoms with Gasteiger partial charge >= 0.3 is 6.09 Å². The van der Waals surface area contributed by atoms with Crippen LogP contribution in [0.5, 0.6) is 0 Å². The summed E-state index contributed by atoms with van der Waals surface area (Å²) in [5.74, 6) is 0.605. The zero-order valence-corrected chi connectivity index (χ0v) is 13.4. The van der Waals surface area contributed by atoms with Gasteiger partial charge < -0.3 is 9.64 Å². The number of likely N-dealkylation sites (tertiary alicyclic amines) is 1. The van der Waals surface area contributed by atoms with Crippen molar-refractivity contribution in [2.24, 2.45) is 0 Å². The van der Waals surface area contributed by atoms with Gasteiger partial charge in [-0.2, -0.15) is 0 Å². The molecule has 1 saturated heterocycles. The molecule has 1 aliphatic carbocycles. The Labute approximate surface area is 136 Å². The number of aryl methyl sites for hydroxylation is 1. The normalized spacial score (nSPS) is 21.9. The Hall–Kier alpha value is -2.29. The fourth-order valence-electron chi connectivity index (χ4n) is 3.92. The Bertz CT molecular complexity index is 726. The van der Waals surface area contributed by atoms with Crippen LogP contribution in [0.1, 0.15) is 47.1 Å². The monoisotopic (exact) mass is 307 g/mol. The van der Waals surface area contributed by atoms with E-state index >= 15 is 0 Å². The third kappa shape index (κ3) is 2.61. The summed E-state index contributed by atoms with van der Waals surface area (Å²) < 4.78 is 5.55. The number of fused-ring (bicyclic) bond motifs is 5. The summed E-state index contributed by atoms with van der Waals surface area (Å²) in [5, 5.41) is 0. The zero-order valence-electron chi connectivity index (χ0n) is 13.4. The third-order valence-corrected chi connectivity index (χ3v) is 5.08. The smallest absolute Gasteiger partial charge is 0.410 e. The van der Waals surface area contributed by atoms with Crippen molar-refractivity contribution in [3.8, 4) is 0 Å². The molecule has 4 rings (SSSR count). The quantitative estimate of drug-likeness (QED) is 0.813. The fourth-order valence-corrected chi connectivity index (χ4v) is 3.92. The van der Waals surface area contributed by atoms with Crippen LogP contribution in [0.4, 0.5) is 4.79 Å². The van der Waals surface area contributed by atoms with Crippen molar-refractivity contribution in [1.82, 2.24) is 4.90 Å². The summed E-state index contributed by atoms with van der Waals surface area (Å²) in [5.41, 5.74) is 5.04. The number of piperidine rings is 1. The highest BCUT2D eigenvalue weighted by molar-refractivity contribution is 5.69. The van der Waals surface area contributed by atoms with E-state index in [-0.39, 0.29) is 12.1 Å². The molecule has 2 aromatic rings. The highest BCUT2D eigenvalue weighted by Crippen LogP contribution is 2.49. The highest BCUT2D eigenvalue weighted by Gasteiger charge is 2.41. The van der Waals surface area contributed by atoms with E-state index in [9.17, 15) is 4.79 Å². The van der Waals surface area contributed by atoms with Crippen LogP contribution < -0.4 is 0 Å². The van der Waals surface area contributed by atoms with Crippen LogP contribution in [0.3, 0.4) is 0 Å². The Morgan fingerprint density at radius 2 is 2.00 bits per heavy atom. The topological polar surface area (TPSA) is 29.5 Å². The summed E-state index contributed by atoms with van der Waals surface area (Å²) in [6.45, 7) is 3.24. The molecule has 0 unspecified atom stereocenters. The molecule has 0 N–H and O–H groups in total. The van der Waals surface area contributed by atoms with Crippen molar-refractivity contribution in [2.45, 2.75) is 38.3 Å². The Balaban J connectivity index is 1.50. The number of carbonyl (C=O) groups excluding carboxylic acids is 1. The van der Waals surface area contributed by atoms with Gasteiger partial charge in [0.1, 0.15) is 6.61 Å². The van der Waals surface area contributed by atoms with Gasteiger partial charge in [-0.05, 0) is 42.4 Å². The largest absolute Gasteiger partial charge is 0.445 e. The van der Waals surface area contributed by atoms with E-state index < -0.39 is 0 Å². The number of benzene rings is 2. The molecule has 2 bridgehead atoms. The minimum absolute atomic E-state index is 0.187.